The summed E-state index contributed by atoms with van der Waals surface area (Å²) in [6.45, 7) is 4.79. The molecule has 0 saturated carbocycles. The van der Waals surface area contributed by atoms with Crippen LogP contribution in [0.3, 0.4) is 0 Å². The molecule has 1 aliphatic heterocycles. The van der Waals surface area contributed by atoms with Gasteiger partial charge in [0, 0.05) is 18.8 Å². The molecular formula is C18H22N2O2. The minimum absolute atomic E-state index is 0.114. The lowest BCUT2D eigenvalue weighted by atomic mass is 10.0. The summed E-state index contributed by atoms with van der Waals surface area (Å²) in [6, 6.07) is 16.6. The van der Waals surface area contributed by atoms with Gasteiger partial charge in [-0.15, -0.1) is 0 Å². The molecule has 1 aliphatic rings. The number of nitrogens with zero attached hydrogens (tertiary/aromatic N) is 1. The topological polar surface area (TPSA) is 47.7 Å². The molecule has 2 aromatic carbocycles. The maximum Gasteiger partial charge on any atom is 0.161 e. The van der Waals surface area contributed by atoms with Gasteiger partial charge in [0.1, 0.15) is 13.2 Å². The van der Waals surface area contributed by atoms with Crippen LogP contribution in [0, 0.1) is 0 Å². The summed E-state index contributed by atoms with van der Waals surface area (Å²) in [5, 5.41) is 0. The molecule has 0 saturated heterocycles. The Kier molecular flexibility index (Phi) is 4.49. The molecule has 0 radical (unpaired) electrons. The van der Waals surface area contributed by atoms with Gasteiger partial charge in [0.25, 0.3) is 0 Å². The Hall–Kier alpha value is -2.20. The van der Waals surface area contributed by atoms with Crippen LogP contribution in [0.15, 0.2) is 48.5 Å². The average molecular weight is 298 g/mol. The van der Waals surface area contributed by atoms with E-state index in [0.29, 0.717) is 19.8 Å². The van der Waals surface area contributed by atoms with Gasteiger partial charge in [-0.25, -0.2) is 0 Å². The highest BCUT2D eigenvalue weighted by atomic mass is 16.6. The summed E-state index contributed by atoms with van der Waals surface area (Å²) < 4.78 is 11.3. The smallest absolute Gasteiger partial charge is 0.161 e. The minimum atomic E-state index is 0.114. The van der Waals surface area contributed by atoms with Crippen LogP contribution in [0.1, 0.15) is 18.5 Å². The van der Waals surface area contributed by atoms with Crippen molar-refractivity contribution in [2.75, 3.05) is 31.2 Å². The van der Waals surface area contributed by atoms with Gasteiger partial charge < -0.3 is 20.1 Å². The number of anilines is 1. The molecule has 2 N–H and O–H groups in total. The number of hydrogen-bond acceptors (Lipinski definition) is 4. The summed E-state index contributed by atoms with van der Waals surface area (Å²) >= 11 is 0. The standard InChI is InChI=1S/C18H22N2O2/c1-2-20(15-6-4-3-5-7-15)16(13-19)14-8-9-17-18(12-14)22-11-10-21-17/h3-9,12,16H,2,10-11,13,19H2,1H3. The fraction of sp³-hybridized carbons (Fsp3) is 0.333. The van der Waals surface area contributed by atoms with Crippen molar-refractivity contribution in [3.63, 3.8) is 0 Å². The lowest BCUT2D eigenvalue weighted by molar-refractivity contribution is 0.171. The first-order valence-corrected chi connectivity index (χ1v) is 7.74. The van der Waals surface area contributed by atoms with Crippen LogP contribution in [-0.4, -0.2) is 26.3 Å². The van der Waals surface area contributed by atoms with Crippen molar-refractivity contribution in [3.8, 4) is 11.5 Å². The van der Waals surface area contributed by atoms with Crippen molar-refractivity contribution >= 4 is 5.69 Å². The van der Waals surface area contributed by atoms with E-state index in [-0.39, 0.29) is 6.04 Å². The molecular weight excluding hydrogens is 276 g/mol. The fourth-order valence-corrected chi connectivity index (χ4v) is 2.91. The normalized spacial score (nSPS) is 14.5. The Morgan fingerprint density at radius 3 is 2.45 bits per heavy atom. The van der Waals surface area contributed by atoms with Crippen molar-refractivity contribution in [1.29, 1.82) is 0 Å². The quantitative estimate of drug-likeness (QED) is 0.922. The fourth-order valence-electron chi connectivity index (χ4n) is 2.91. The largest absolute Gasteiger partial charge is 0.486 e. The first-order chi connectivity index (χ1) is 10.8. The van der Waals surface area contributed by atoms with Crippen LogP contribution in [0.4, 0.5) is 5.69 Å². The molecule has 4 heteroatoms. The van der Waals surface area contributed by atoms with Crippen LogP contribution >= 0.6 is 0 Å². The predicted octanol–water partition coefficient (Wildman–Crippen LogP) is 2.98. The highest BCUT2D eigenvalue weighted by Crippen LogP contribution is 2.35. The maximum absolute atomic E-state index is 6.08. The lowest BCUT2D eigenvalue weighted by Crippen LogP contribution is -2.33. The zero-order chi connectivity index (χ0) is 15.4. The van der Waals surface area contributed by atoms with Crippen LogP contribution in [0.2, 0.25) is 0 Å². The van der Waals surface area contributed by atoms with Crippen LogP contribution in [0.5, 0.6) is 11.5 Å². The van der Waals surface area contributed by atoms with Crippen LogP contribution < -0.4 is 20.1 Å². The van der Waals surface area contributed by atoms with Crippen LogP contribution in [0.25, 0.3) is 0 Å². The molecule has 22 heavy (non-hydrogen) atoms. The van der Waals surface area contributed by atoms with E-state index in [2.05, 4.69) is 48.2 Å². The Morgan fingerprint density at radius 1 is 1.05 bits per heavy atom. The minimum Gasteiger partial charge on any atom is -0.486 e. The Bertz CT molecular complexity index is 616. The third-order valence-corrected chi connectivity index (χ3v) is 3.98. The van der Waals surface area contributed by atoms with E-state index in [4.69, 9.17) is 15.2 Å². The molecule has 0 aromatic heterocycles. The third-order valence-electron chi connectivity index (χ3n) is 3.98. The maximum atomic E-state index is 6.08. The number of benzene rings is 2. The summed E-state index contributed by atoms with van der Waals surface area (Å²) in [6.07, 6.45) is 0. The van der Waals surface area contributed by atoms with E-state index in [1.165, 1.54) is 5.69 Å². The Morgan fingerprint density at radius 2 is 1.77 bits per heavy atom. The van der Waals surface area contributed by atoms with E-state index < -0.39 is 0 Å². The van der Waals surface area contributed by atoms with Gasteiger partial charge in [0.05, 0.1) is 6.04 Å². The zero-order valence-corrected chi connectivity index (χ0v) is 12.9. The number of hydrogen-bond donors (Lipinski definition) is 1. The molecule has 0 fully saturated rings. The van der Waals surface area contributed by atoms with Gasteiger partial charge in [0.2, 0.25) is 0 Å². The third kappa shape index (κ3) is 2.88. The number of nitrogens with two attached hydrogens (primary N) is 1. The van der Waals surface area contributed by atoms with Gasteiger partial charge in [-0.3, -0.25) is 0 Å². The molecule has 0 bridgehead atoms. The lowest BCUT2D eigenvalue weighted by Gasteiger charge is -2.33. The summed E-state index contributed by atoms with van der Waals surface area (Å²) in [4.78, 5) is 2.31. The van der Waals surface area contributed by atoms with Gasteiger partial charge in [-0.2, -0.15) is 0 Å². The van der Waals surface area contributed by atoms with Crippen molar-refractivity contribution in [2.24, 2.45) is 5.73 Å². The van der Waals surface area contributed by atoms with E-state index in [1.807, 2.05) is 12.1 Å². The SMILES string of the molecule is CCN(c1ccccc1)C(CN)c1ccc2c(c1)OCCO2. The second-order valence-electron chi connectivity index (χ2n) is 5.28. The Labute approximate surface area is 131 Å². The Balaban J connectivity index is 1.92. The van der Waals surface area contributed by atoms with Gasteiger partial charge in [-0.05, 0) is 36.8 Å². The number of likely N-dealkylation sites (N-methyl/N-ethyl adjacent to an activating group) is 1. The number of fused-ring (bicyclic) bond motifs is 1. The van der Waals surface area contributed by atoms with E-state index >= 15 is 0 Å². The molecule has 3 rings (SSSR count). The van der Waals surface area contributed by atoms with E-state index in [1.54, 1.807) is 0 Å². The van der Waals surface area contributed by atoms with Gasteiger partial charge in [0.15, 0.2) is 11.5 Å². The number of ether oxygens (including phenoxy) is 2. The molecule has 0 amide bonds. The molecule has 0 aliphatic carbocycles. The first-order valence-electron chi connectivity index (χ1n) is 7.74. The van der Waals surface area contributed by atoms with E-state index in [0.717, 1.165) is 23.6 Å². The molecule has 4 nitrogen and oxygen atoms in total. The molecule has 0 spiro atoms. The predicted molar refractivity (Wildman–Crippen MR) is 88.7 cm³/mol. The highest BCUT2D eigenvalue weighted by molar-refractivity contribution is 5.51. The molecule has 1 heterocycles. The van der Waals surface area contributed by atoms with Crippen molar-refractivity contribution in [3.05, 3.63) is 54.1 Å². The number of para-hydroxylation sites is 1. The summed E-state index contributed by atoms with van der Waals surface area (Å²) in [7, 11) is 0. The van der Waals surface area contributed by atoms with Crippen molar-refractivity contribution in [1.82, 2.24) is 0 Å². The molecule has 1 atom stereocenters. The van der Waals surface area contributed by atoms with Crippen molar-refractivity contribution < 1.29 is 9.47 Å². The molecule has 1 unspecified atom stereocenters. The van der Waals surface area contributed by atoms with Crippen LogP contribution in [-0.2, 0) is 0 Å². The second kappa shape index (κ2) is 6.71. The van der Waals surface area contributed by atoms with E-state index in [9.17, 15) is 0 Å². The van der Waals surface area contributed by atoms with Crippen molar-refractivity contribution in [2.45, 2.75) is 13.0 Å². The average Bonchev–Trinajstić information content (AvgIpc) is 2.60. The summed E-state index contributed by atoms with van der Waals surface area (Å²) in [5.74, 6) is 1.62. The summed E-state index contributed by atoms with van der Waals surface area (Å²) in [5.41, 5.74) is 8.41. The zero-order valence-electron chi connectivity index (χ0n) is 12.9. The highest BCUT2D eigenvalue weighted by Gasteiger charge is 2.21. The molecule has 116 valence electrons. The van der Waals surface area contributed by atoms with Gasteiger partial charge in [-0.1, -0.05) is 24.3 Å². The first kappa shape index (κ1) is 14.7. The monoisotopic (exact) mass is 298 g/mol. The number of rotatable bonds is 5. The van der Waals surface area contributed by atoms with Gasteiger partial charge >= 0.3 is 0 Å². The molecule has 2 aromatic rings. The second-order valence-corrected chi connectivity index (χ2v) is 5.28.